The van der Waals surface area contributed by atoms with E-state index in [1.54, 1.807) is 12.5 Å². The summed E-state index contributed by atoms with van der Waals surface area (Å²) in [5, 5.41) is 0. The Morgan fingerprint density at radius 2 is 1.39 bits per heavy atom. The zero-order valence-corrected chi connectivity index (χ0v) is 9.82. The lowest BCUT2D eigenvalue weighted by molar-refractivity contribution is 1.17. The van der Waals surface area contributed by atoms with E-state index in [1.165, 1.54) is 11.1 Å². The Hall–Kier alpha value is -2.48. The van der Waals surface area contributed by atoms with Crippen molar-refractivity contribution in [2.45, 2.75) is 0 Å². The van der Waals surface area contributed by atoms with Crippen LogP contribution in [0.15, 0.2) is 73.2 Å². The van der Waals surface area contributed by atoms with Crippen LogP contribution in [-0.4, -0.2) is 9.97 Å². The molecule has 1 heterocycles. The molecule has 0 amide bonds. The fraction of sp³-hybridized carbons (Fsp3) is 0. The normalized spacial score (nSPS) is 10.2. The number of rotatable bonds is 2. The summed E-state index contributed by atoms with van der Waals surface area (Å²) in [6.45, 7) is 0. The summed E-state index contributed by atoms with van der Waals surface area (Å²) in [5.74, 6) is 0. The van der Waals surface area contributed by atoms with Gasteiger partial charge in [0.2, 0.25) is 0 Å². The van der Waals surface area contributed by atoms with E-state index >= 15 is 0 Å². The molecule has 18 heavy (non-hydrogen) atoms. The highest BCUT2D eigenvalue weighted by atomic mass is 14.8. The van der Waals surface area contributed by atoms with Gasteiger partial charge in [-0.15, -0.1) is 0 Å². The highest BCUT2D eigenvalue weighted by molar-refractivity contribution is 5.81. The van der Waals surface area contributed by atoms with Crippen molar-refractivity contribution in [2.75, 3.05) is 0 Å². The van der Waals surface area contributed by atoms with Gasteiger partial charge in [0.05, 0.1) is 5.69 Å². The molecule has 0 unspecified atom stereocenters. The van der Waals surface area contributed by atoms with E-state index in [4.69, 9.17) is 0 Å². The van der Waals surface area contributed by atoms with Crippen LogP contribution < -0.4 is 0 Å². The van der Waals surface area contributed by atoms with Gasteiger partial charge in [0.15, 0.2) is 0 Å². The molecular weight excluding hydrogens is 220 g/mol. The molecule has 0 bridgehead atoms. The average Bonchev–Trinajstić information content (AvgIpc) is 2.49. The van der Waals surface area contributed by atoms with Gasteiger partial charge in [0, 0.05) is 11.8 Å². The van der Waals surface area contributed by atoms with Gasteiger partial charge in [-0.25, -0.2) is 9.97 Å². The van der Waals surface area contributed by atoms with Crippen molar-refractivity contribution in [3.05, 3.63) is 73.2 Å². The Labute approximate surface area is 106 Å². The quantitative estimate of drug-likeness (QED) is 0.671. The van der Waals surface area contributed by atoms with Gasteiger partial charge in [-0.05, 0) is 17.2 Å². The molecule has 0 saturated carbocycles. The Bertz CT molecular complexity index is 575. The first-order chi connectivity index (χ1) is 8.95. The van der Waals surface area contributed by atoms with Crippen molar-refractivity contribution >= 4 is 0 Å². The minimum absolute atomic E-state index is 0.949. The Kier molecular flexibility index (Phi) is 2.84. The third kappa shape index (κ3) is 2.00. The van der Waals surface area contributed by atoms with Crippen molar-refractivity contribution in [3.8, 4) is 22.4 Å². The summed E-state index contributed by atoms with van der Waals surface area (Å²) < 4.78 is 0. The molecule has 86 valence electrons. The lowest BCUT2D eigenvalue weighted by atomic mass is 9.98. The summed E-state index contributed by atoms with van der Waals surface area (Å²) in [4.78, 5) is 8.29. The zero-order valence-electron chi connectivity index (χ0n) is 9.82. The molecule has 0 N–H and O–H groups in total. The van der Waals surface area contributed by atoms with Crippen molar-refractivity contribution in [3.63, 3.8) is 0 Å². The van der Waals surface area contributed by atoms with Crippen LogP contribution in [0.4, 0.5) is 0 Å². The van der Waals surface area contributed by atoms with E-state index in [1.807, 2.05) is 36.4 Å². The summed E-state index contributed by atoms with van der Waals surface area (Å²) in [6.07, 6.45) is 3.35. The highest BCUT2D eigenvalue weighted by Gasteiger charge is 2.06. The van der Waals surface area contributed by atoms with Crippen molar-refractivity contribution in [1.82, 2.24) is 9.97 Å². The third-order valence-electron chi connectivity index (χ3n) is 2.87. The monoisotopic (exact) mass is 232 g/mol. The third-order valence-corrected chi connectivity index (χ3v) is 2.87. The SMILES string of the molecule is c1ccc(-c2ccccc2-c2ccncn2)cc1. The molecule has 0 fully saturated rings. The Morgan fingerprint density at radius 3 is 2.11 bits per heavy atom. The standard InChI is InChI=1S/C16H12N2/c1-2-6-13(7-3-1)14-8-4-5-9-15(14)16-10-11-17-12-18-16/h1-12H. The first-order valence-corrected chi connectivity index (χ1v) is 5.86. The van der Waals surface area contributed by atoms with Crippen LogP contribution >= 0.6 is 0 Å². The number of nitrogens with zero attached hydrogens (tertiary/aromatic N) is 2. The van der Waals surface area contributed by atoms with Crippen LogP contribution in [0.5, 0.6) is 0 Å². The van der Waals surface area contributed by atoms with Crippen LogP contribution in [0.3, 0.4) is 0 Å². The number of hydrogen-bond donors (Lipinski definition) is 0. The fourth-order valence-electron chi connectivity index (χ4n) is 2.03. The maximum atomic E-state index is 4.32. The van der Waals surface area contributed by atoms with E-state index in [9.17, 15) is 0 Å². The summed E-state index contributed by atoms with van der Waals surface area (Å²) in [7, 11) is 0. The van der Waals surface area contributed by atoms with Crippen molar-refractivity contribution < 1.29 is 0 Å². The number of hydrogen-bond acceptors (Lipinski definition) is 2. The molecule has 2 aromatic carbocycles. The summed E-state index contributed by atoms with van der Waals surface area (Å²) in [6, 6.07) is 20.6. The summed E-state index contributed by atoms with van der Waals surface area (Å²) in [5.41, 5.74) is 4.47. The zero-order chi connectivity index (χ0) is 12.2. The minimum atomic E-state index is 0.949. The average molecular weight is 232 g/mol. The second-order valence-corrected chi connectivity index (χ2v) is 4.01. The van der Waals surface area contributed by atoms with Gasteiger partial charge in [0.1, 0.15) is 6.33 Å². The molecule has 1 aromatic heterocycles. The van der Waals surface area contributed by atoms with E-state index in [2.05, 4.69) is 34.2 Å². The first kappa shape index (κ1) is 10.7. The van der Waals surface area contributed by atoms with E-state index in [0.29, 0.717) is 0 Å². The predicted molar refractivity (Wildman–Crippen MR) is 72.9 cm³/mol. The maximum absolute atomic E-state index is 4.32. The van der Waals surface area contributed by atoms with Gasteiger partial charge in [-0.2, -0.15) is 0 Å². The van der Waals surface area contributed by atoms with E-state index < -0.39 is 0 Å². The second-order valence-electron chi connectivity index (χ2n) is 4.01. The molecule has 0 aliphatic rings. The van der Waals surface area contributed by atoms with Crippen molar-refractivity contribution in [2.24, 2.45) is 0 Å². The number of aromatic nitrogens is 2. The highest BCUT2D eigenvalue weighted by Crippen LogP contribution is 2.30. The Morgan fingerprint density at radius 1 is 0.667 bits per heavy atom. The van der Waals surface area contributed by atoms with Gasteiger partial charge in [-0.1, -0.05) is 54.6 Å². The predicted octanol–water partition coefficient (Wildman–Crippen LogP) is 3.81. The molecule has 0 saturated heterocycles. The molecule has 0 aliphatic heterocycles. The van der Waals surface area contributed by atoms with Gasteiger partial charge >= 0.3 is 0 Å². The molecule has 0 radical (unpaired) electrons. The topological polar surface area (TPSA) is 25.8 Å². The van der Waals surface area contributed by atoms with Crippen LogP contribution in [0.25, 0.3) is 22.4 Å². The van der Waals surface area contributed by atoms with Crippen LogP contribution in [0.2, 0.25) is 0 Å². The lowest BCUT2D eigenvalue weighted by Gasteiger charge is -2.08. The lowest BCUT2D eigenvalue weighted by Crippen LogP contribution is -1.87. The fourth-order valence-corrected chi connectivity index (χ4v) is 2.03. The first-order valence-electron chi connectivity index (χ1n) is 5.86. The van der Waals surface area contributed by atoms with Crippen LogP contribution in [0.1, 0.15) is 0 Å². The van der Waals surface area contributed by atoms with Gasteiger partial charge in [0.25, 0.3) is 0 Å². The minimum Gasteiger partial charge on any atom is -0.245 e. The van der Waals surface area contributed by atoms with E-state index in [0.717, 1.165) is 11.3 Å². The second kappa shape index (κ2) is 4.80. The largest absolute Gasteiger partial charge is 0.245 e. The van der Waals surface area contributed by atoms with Crippen LogP contribution in [0, 0.1) is 0 Å². The van der Waals surface area contributed by atoms with Crippen molar-refractivity contribution in [1.29, 1.82) is 0 Å². The molecule has 2 heteroatoms. The molecule has 3 rings (SSSR count). The maximum Gasteiger partial charge on any atom is 0.116 e. The van der Waals surface area contributed by atoms with E-state index in [-0.39, 0.29) is 0 Å². The molecule has 2 nitrogen and oxygen atoms in total. The van der Waals surface area contributed by atoms with Gasteiger partial charge in [-0.3, -0.25) is 0 Å². The molecular formula is C16H12N2. The molecule has 0 aliphatic carbocycles. The van der Waals surface area contributed by atoms with Crippen LogP contribution in [-0.2, 0) is 0 Å². The molecule has 0 spiro atoms. The summed E-state index contributed by atoms with van der Waals surface area (Å²) >= 11 is 0. The van der Waals surface area contributed by atoms with Gasteiger partial charge < -0.3 is 0 Å². The Balaban J connectivity index is 2.18. The number of benzene rings is 2. The smallest absolute Gasteiger partial charge is 0.116 e. The molecule has 3 aromatic rings. The molecule has 0 atom stereocenters.